The van der Waals surface area contributed by atoms with Crippen LogP contribution >= 0.6 is 0 Å². The highest BCUT2D eigenvalue weighted by Crippen LogP contribution is 2.20. The maximum atomic E-state index is 13.3. The lowest BCUT2D eigenvalue weighted by Gasteiger charge is -2.26. The van der Waals surface area contributed by atoms with Crippen molar-refractivity contribution in [3.05, 3.63) is 71.4 Å². The van der Waals surface area contributed by atoms with Crippen LogP contribution < -0.4 is 5.48 Å². The Morgan fingerprint density at radius 2 is 2.19 bits per heavy atom. The minimum absolute atomic E-state index is 0.0630. The first-order valence-electron chi connectivity index (χ1n) is 8.16. The van der Waals surface area contributed by atoms with E-state index in [0.29, 0.717) is 17.7 Å². The minimum atomic E-state index is -3.74. The van der Waals surface area contributed by atoms with Gasteiger partial charge in [0.2, 0.25) is 10.0 Å². The largest absolute Gasteiger partial charge is 0.271 e. The number of nitriles is 1. The van der Waals surface area contributed by atoms with Crippen LogP contribution in [0.3, 0.4) is 0 Å². The first-order chi connectivity index (χ1) is 13.0. The number of nitrogens with one attached hydrogen (secondary N) is 1. The van der Waals surface area contributed by atoms with Crippen LogP contribution in [0.5, 0.6) is 0 Å². The number of nitrogens with zero attached hydrogens (tertiary/aromatic N) is 3. The lowest BCUT2D eigenvalue weighted by atomic mass is 10.2. The number of benzene rings is 1. The van der Waals surface area contributed by atoms with E-state index < -0.39 is 15.8 Å². The van der Waals surface area contributed by atoms with Gasteiger partial charge in [-0.2, -0.15) is 9.57 Å². The highest BCUT2D eigenvalue weighted by molar-refractivity contribution is 7.89. The van der Waals surface area contributed by atoms with Gasteiger partial charge in [-0.25, -0.2) is 12.8 Å². The summed E-state index contributed by atoms with van der Waals surface area (Å²) in [7, 11) is -3.74. The van der Waals surface area contributed by atoms with E-state index in [1.807, 2.05) is 6.07 Å². The molecule has 0 saturated carbocycles. The van der Waals surface area contributed by atoms with Gasteiger partial charge in [0.25, 0.3) is 0 Å². The number of aromatic nitrogens is 1. The van der Waals surface area contributed by atoms with Crippen LogP contribution in [-0.4, -0.2) is 30.8 Å². The van der Waals surface area contributed by atoms with E-state index in [1.54, 1.807) is 18.2 Å². The van der Waals surface area contributed by atoms with Crippen molar-refractivity contribution in [2.75, 3.05) is 13.1 Å². The molecule has 0 saturated heterocycles. The molecule has 0 spiro atoms. The quantitative estimate of drug-likeness (QED) is 0.762. The molecule has 1 aliphatic heterocycles. The molecule has 27 heavy (non-hydrogen) atoms. The Morgan fingerprint density at radius 3 is 2.89 bits per heavy atom. The maximum absolute atomic E-state index is 13.3. The highest BCUT2D eigenvalue weighted by atomic mass is 32.2. The van der Waals surface area contributed by atoms with E-state index in [0.717, 1.165) is 11.8 Å². The predicted octanol–water partition coefficient (Wildman–Crippen LogP) is 2.09. The van der Waals surface area contributed by atoms with Gasteiger partial charge in [-0.3, -0.25) is 15.3 Å². The Morgan fingerprint density at radius 1 is 1.33 bits per heavy atom. The summed E-state index contributed by atoms with van der Waals surface area (Å²) >= 11 is 0. The van der Waals surface area contributed by atoms with E-state index in [-0.39, 0.29) is 24.6 Å². The van der Waals surface area contributed by atoms with E-state index in [1.165, 1.54) is 28.7 Å². The molecular weight excluding hydrogens is 371 g/mol. The Bertz CT molecular complexity index is 1000. The number of hydroxylamine groups is 1. The molecule has 0 atom stereocenters. The fourth-order valence-corrected chi connectivity index (χ4v) is 3.98. The Hall–Kier alpha value is -2.80. The average molecular weight is 388 g/mol. The number of rotatable bonds is 6. The third kappa shape index (κ3) is 4.68. The first kappa shape index (κ1) is 19.0. The van der Waals surface area contributed by atoms with Crippen LogP contribution in [-0.2, 0) is 21.5 Å². The molecule has 0 aliphatic carbocycles. The number of hydrogen-bond donors (Lipinski definition) is 1. The second kappa shape index (κ2) is 8.26. The van der Waals surface area contributed by atoms with Gasteiger partial charge in [-0.05, 0) is 36.4 Å². The average Bonchev–Trinajstić information content (AvgIpc) is 2.68. The van der Waals surface area contributed by atoms with E-state index in [4.69, 9.17) is 10.1 Å². The zero-order valence-electron chi connectivity index (χ0n) is 14.3. The molecule has 9 heteroatoms. The fourth-order valence-electron chi connectivity index (χ4n) is 2.57. The summed E-state index contributed by atoms with van der Waals surface area (Å²) in [5, 5.41) is 8.86. The highest BCUT2D eigenvalue weighted by Gasteiger charge is 2.26. The van der Waals surface area contributed by atoms with Gasteiger partial charge in [0.15, 0.2) is 0 Å². The number of hydrogen-bond acceptors (Lipinski definition) is 6. The maximum Gasteiger partial charge on any atom is 0.243 e. The lowest BCUT2D eigenvalue weighted by molar-refractivity contribution is 0.0433. The van der Waals surface area contributed by atoms with Gasteiger partial charge >= 0.3 is 0 Å². The van der Waals surface area contributed by atoms with Crippen molar-refractivity contribution in [3.8, 4) is 6.07 Å². The van der Waals surface area contributed by atoms with Crippen molar-refractivity contribution in [2.24, 2.45) is 0 Å². The molecule has 0 radical (unpaired) electrons. The van der Waals surface area contributed by atoms with Crippen molar-refractivity contribution >= 4 is 10.0 Å². The molecule has 0 amide bonds. The van der Waals surface area contributed by atoms with Crippen LogP contribution in [0.25, 0.3) is 0 Å². The molecular formula is C18H17FN4O3S. The molecule has 140 valence electrons. The van der Waals surface area contributed by atoms with E-state index >= 15 is 0 Å². The number of sulfonamides is 1. The van der Waals surface area contributed by atoms with Crippen molar-refractivity contribution in [2.45, 2.75) is 17.9 Å². The lowest BCUT2D eigenvalue weighted by Crippen LogP contribution is -2.36. The van der Waals surface area contributed by atoms with Gasteiger partial charge in [-0.15, -0.1) is 0 Å². The van der Waals surface area contributed by atoms with Gasteiger partial charge in [0.1, 0.15) is 12.4 Å². The molecule has 0 fully saturated rings. The third-order valence-corrected chi connectivity index (χ3v) is 5.84. The summed E-state index contributed by atoms with van der Waals surface area (Å²) in [6.45, 7) is 0.577. The molecule has 1 aliphatic rings. The van der Waals surface area contributed by atoms with Crippen molar-refractivity contribution < 1.29 is 17.6 Å². The molecule has 0 unspecified atom stereocenters. The number of halogens is 1. The van der Waals surface area contributed by atoms with Gasteiger partial charge in [0, 0.05) is 31.4 Å². The number of pyridine rings is 1. The minimum Gasteiger partial charge on any atom is -0.271 e. The topological polar surface area (TPSA) is 95.3 Å². The standard InChI is InChI=1S/C18H17FN4O3S/c19-15-2-1-3-18(11-15)27(24,25)23-8-5-16(6-9-23)22-26-13-17-10-14(12-20)4-7-21-17/h1-5,7,10-11,22H,6,8-9,13H2. The monoisotopic (exact) mass is 388 g/mol. The SMILES string of the molecule is N#Cc1ccnc(CONC2=CCN(S(=O)(=O)c3cccc(F)c3)CC2)c1. The zero-order chi connectivity index (χ0) is 19.3. The molecule has 1 aromatic carbocycles. The van der Waals surface area contributed by atoms with Crippen LogP contribution in [0.15, 0.2) is 59.3 Å². The molecule has 1 N–H and O–H groups in total. The smallest absolute Gasteiger partial charge is 0.243 e. The molecule has 1 aromatic heterocycles. The molecule has 2 heterocycles. The van der Waals surface area contributed by atoms with Crippen molar-refractivity contribution in [3.63, 3.8) is 0 Å². The van der Waals surface area contributed by atoms with Gasteiger partial charge < -0.3 is 0 Å². The summed E-state index contributed by atoms with van der Waals surface area (Å²) in [4.78, 5) is 9.41. The van der Waals surface area contributed by atoms with Gasteiger partial charge in [0.05, 0.1) is 22.2 Å². The predicted molar refractivity (Wildman–Crippen MR) is 94.7 cm³/mol. The van der Waals surface area contributed by atoms with Gasteiger partial charge in [-0.1, -0.05) is 6.07 Å². The Kier molecular flexibility index (Phi) is 5.81. The van der Waals surface area contributed by atoms with Crippen LogP contribution in [0.4, 0.5) is 4.39 Å². The van der Waals surface area contributed by atoms with Crippen LogP contribution in [0.2, 0.25) is 0 Å². The second-order valence-corrected chi connectivity index (χ2v) is 7.78. The fraction of sp³-hybridized carbons (Fsp3) is 0.222. The van der Waals surface area contributed by atoms with Crippen molar-refractivity contribution in [1.29, 1.82) is 5.26 Å². The summed E-state index contributed by atoms with van der Waals surface area (Å²) in [5.41, 5.74) is 4.64. The molecule has 3 rings (SSSR count). The molecule has 7 nitrogen and oxygen atoms in total. The summed E-state index contributed by atoms with van der Waals surface area (Å²) < 4.78 is 39.7. The molecule has 0 bridgehead atoms. The molecule has 2 aromatic rings. The van der Waals surface area contributed by atoms with Crippen LogP contribution in [0.1, 0.15) is 17.7 Å². The summed E-state index contributed by atoms with van der Waals surface area (Å²) in [5.74, 6) is -0.589. The first-order valence-corrected chi connectivity index (χ1v) is 9.60. The Labute approximate surface area is 156 Å². The van der Waals surface area contributed by atoms with E-state index in [9.17, 15) is 12.8 Å². The van der Waals surface area contributed by atoms with E-state index in [2.05, 4.69) is 10.5 Å². The van der Waals surface area contributed by atoms with Crippen molar-refractivity contribution in [1.82, 2.24) is 14.8 Å². The van der Waals surface area contributed by atoms with Crippen LogP contribution in [0, 0.1) is 17.1 Å². The summed E-state index contributed by atoms with van der Waals surface area (Å²) in [6.07, 6.45) is 3.67. The Balaban J connectivity index is 1.56. The normalized spacial score (nSPS) is 15.0. The summed E-state index contributed by atoms with van der Waals surface area (Å²) in [6, 6.07) is 10.2. The third-order valence-electron chi connectivity index (χ3n) is 3.97. The zero-order valence-corrected chi connectivity index (χ0v) is 15.1. The second-order valence-electron chi connectivity index (χ2n) is 5.84.